The zero-order valence-corrected chi connectivity index (χ0v) is 7.75. The van der Waals surface area contributed by atoms with Gasteiger partial charge in [0.05, 0.1) is 0 Å². The van der Waals surface area contributed by atoms with Crippen molar-refractivity contribution in [1.29, 1.82) is 0 Å². The van der Waals surface area contributed by atoms with Crippen LogP contribution in [0.25, 0.3) is 0 Å². The van der Waals surface area contributed by atoms with E-state index >= 15 is 0 Å². The number of carbonyl (C=O) groups is 2. The Morgan fingerprint density at radius 2 is 1.69 bits per heavy atom. The Morgan fingerprint density at radius 1 is 1.08 bits per heavy atom. The van der Waals surface area contributed by atoms with Crippen molar-refractivity contribution in [3.8, 4) is 11.8 Å². The molecule has 4 nitrogen and oxygen atoms in total. The fourth-order valence-corrected chi connectivity index (χ4v) is 0.523. The second-order valence-corrected chi connectivity index (χ2v) is 2.22. The molecule has 0 spiro atoms. The van der Waals surface area contributed by atoms with Gasteiger partial charge in [0.1, 0.15) is 6.61 Å². The summed E-state index contributed by atoms with van der Waals surface area (Å²) < 4.78 is 9.17. The van der Waals surface area contributed by atoms with Crippen molar-refractivity contribution in [3.05, 3.63) is 0 Å². The Kier molecular flexibility index (Phi) is 6.34. The van der Waals surface area contributed by atoms with Gasteiger partial charge in [-0.15, -0.1) is 0 Å². The second kappa shape index (κ2) is 7.17. The average molecular weight is 184 g/mol. The molecule has 13 heavy (non-hydrogen) atoms. The molecule has 0 aromatic heterocycles. The quantitative estimate of drug-likeness (QED) is 0.364. The van der Waals surface area contributed by atoms with Crippen LogP contribution in [0.15, 0.2) is 0 Å². The molecule has 0 fully saturated rings. The highest BCUT2D eigenvalue weighted by atomic mass is 16.5. The van der Waals surface area contributed by atoms with Crippen LogP contribution >= 0.6 is 0 Å². The molecule has 4 heteroatoms. The lowest BCUT2D eigenvalue weighted by Gasteiger charge is -1.95. The van der Waals surface area contributed by atoms with Crippen LogP contribution in [0.3, 0.4) is 0 Å². The minimum Gasteiger partial charge on any atom is -0.465 e. The minimum absolute atomic E-state index is 0.0927. The predicted molar refractivity (Wildman–Crippen MR) is 45.7 cm³/mol. The fourth-order valence-electron chi connectivity index (χ4n) is 0.523. The summed E-state index contributed by atoms with van der Waals surface area (Å²) in [4.78, 5) is 20.5. The van der Waals surface area contributed by atoms with Crippen molar-refractivity contribution in [2.24, 2.45) is 0 Å². The summed E-state index contributed by atoms with van der Waals surface area (Å²) in [5.74, 6) is 4.63. The third kappa shape index (κ3) is 10.5. The van der Waals surface area contributed by atoms with Crippen LogP contribution in [-0.4, -0.2) is 25.2 Å². The molecule has 0 radical (unpaired) electrons. The van der Waals surface area contributed by atoms with Crippen LogP contribution < -0.4 is 0 Å². The first-order valence-corrected chi connectivity index (χ1v) is 3.85. The lowest BCUT2D eigenvalue weighted by molar-refractivity contribution is -0.141. The maximum atomic E-state index is 10.3. The highest BCUT2D eigenvalue weighted by Crippen LogP contribution is 1.81. The van der Waals surface area contributed by atoms with Gasteiger partial charge in [0.25, 0.3) is 0 Å². The van der Waals surface area contributed by atoms with E-state index in [9.17, 15) is 9.59 Å². The van der Waals surface area contributed by atoms with Crippen molar-refractivity contribution >= 4 is 11.9 Å². The summed E-state index contributed by atoms with van der Waals surface area (Å²) >= 11 is 0. The van der Waals surface area contributed by atoms with Crippen molar-refractivity contribution in [2.75, 3.05) is 13.2 Å². The van der Waals surface area contributed by atoms with E-state index in [2.05, 4.69) is 21.3 Å². The fraction of sp³-hybridized carbons (Fsp3) is 0.556. The van der Waals surface area contributed by atoms with Crippen LogP contribution in [0.1, 0.15) is 20.3 Å². The number of hydrogen-bond acceptors (Lipinski definition) is 4. The smallest absolute Gasteiger partial charge is 0.303 e. The van der Waals surface area contributed by atoms with E-state index in [4.69, 9.17) is 0 Å². The van der Waals surface area contributed by atoms with Crippen molar-refractivity contribution in [3.63, 3.8) is 0 Å². The molecule has 0 aromatic carbocycles. The SMILES string of the molecule is CC(=O)OCC#CCCOC(C)=O. The predicted octanol–water partition coefficient (Wildman–Crippen LogP) is 0.506. The summed E-state index contributed by atoms with van der Waals surface area (Å²) in [5.41, 5.74) is 0. The van der Waals surface area contributed by atoms with Crippen molar-refractivity contribution in [1.82, 2.24) is 0 Å². The van der Waals surface area contributed by atoms with Gasteiger partial charge in [-0.25, -0.2) is 0 Å². The van der Waals surface area contributed by atoms with Gasteiger partial charge in [-0.05, 0) is 0 Å². The van der Waals surface area contributed by atoms with E-state index in [1.54, 1.807) is 0 Å². The second-order valence-electron chi connectivity index (χ2n) is 2.22. The summed E-state index contributed by atoms with van der Waals surface area (Å²) in [6.45, 7) is 3.03. The topological polar surface area (TPSA) is 52.6 Å². The summed E-state index contributed by atoms with van der Waals surface area (Å²) in [6.07, 6.45) is 0.459. The van der Waals surface area contributed by atoms with E-state index < -0.39 is 0 Å². The molecule has 72 valence electrons. The molecular weight excluding hydrogens is 172 g/mol. The van der Waals surface area contributed by atoms with Crippen LogP contribution in [-0.2, 0) is 19.1 Å². The zero-order chi connectivity index (χ0) is 10.1. The molecule has 0 N–H and O–H groups in total. The Labute approximate surface area is 77.2 Å². The van der Waals surface area contributed by atoms with Crippen molar-refractivity contribution < 1.29 is 19.1 Å². The van der Waals surface area contributed by atoms with E-state index in [1.165, 1.54) is 13.8 Å². The van der Waals surface area contributed by atoms with Gasteiger partial charge in [0.2, 0.25) is 0 Å². The molecule has 0 atom stereocenters. The zero-order valence-electron chi connectivity index (χ0n) is 7.75. The molecule has 0 aliphatic heterocycles. The third-order valence-electron chi connectivity index (χ3n) is 1.00. The first-order valence-electron chi connectivity index (χ1n) is 3.85. The van der Waals surface area contributed by atoms with Crippen LogP contribution in [0.2, 0.25) is 0 Å². The summed E-state index contributed by atoms with van der Waals surface area (Å²) in [6, 6.07) is 0. The van der Waals surface area contributed by atoms with E-state index in [0.29, 0.717) is 6.42 Å². The van der Waals surface area contributed by atoms with Gasteiger partial charge in [0, 0.05) is 20.3 Å². The van der Waals surface area contributed by atoms with Gasteiger partial charge < -0.3 is 9.47 Å². The third-order valence-corrected chi connectivity index (χ3v) is 1.00. The van der Waals surface area contributed by atoms with Crippen LogP contribution in [0.4, 0.5) is 0 Å². The number of hydrogen-bond donors (Lipinski definition) is 0. The minimum atomic E-state index is -0.353. The molecule has 0 heterocycles. The van der Waals surface area contributed by atoms with Gasteiger partial charge in [-0.3, -0.25) is 9.59 Å². The maximum absolute atomic E-state index is 10.3. The maximum Gasteiger partial charge on any atom is 0.303 e. The Hall–Kier alpha value is -1.50. The molecule has 0 saturated heterocycles. The highest BCUT2D eigenvalue weighted by molar-refractivity contribution is 5.66. The number of ether oxygens (including phenoxy) is 2. The van der Waals surface area contributed by atoms with Gasteiger partial charge in [0.15, 0.2) is 6.61 Å². The largest absolute Gasteiger partial charge is 0.465 e. The summed E-state index contributed by atoms with van der Waals surface area (Å²) in [7, 11) is 0. The molecule has 0 amide bonds. The standard InChI is InChI=1S/C9H12O4/c1-8(10)12-6-4-3-5-7-13-9(2)11/h4,6-7H2,1-2H3. The molecule has 0 aromatic rings. The van der Waals surface area contributed by atoms with Crippen LogP contribution in [0.5, 0.6) is 0 Å². The first-order chi connectivity index (χ1) is 6.13. The van der Waals surface area contributed by atoms with Gasteiger partial charge in [-0.1, -0.05) is 11.8 Å². The number of esters is 2. The van der Waals surface area contributed by atoms with Crippen LogP contribution in [0, 0.1) is 11.8 Å². The normalized spacial score (nSPS) is 8.15. The monoisotopic (exact) mass is 184 g/mol. The van der Waals surface area contributed by atoms with E-state index in [1.807, 2.05) is 0 Å². The van der Waals surface area contributed by atoms with E-state index in [-0.39, 0.29) is 25.2 Å². The average Bonchev–Trinajstić information content (AvgIpc) is 2.01. The molecule has 0 aliphatic rings. The molecule has 0 unspecified atom stereocenters. The molecule has 0 bridgehead atoms. The number of carbonyl (C=O) groups excluding carboxylic acids is 2. The summed E-state index contributed by atoms with van der Waals surface area (Å²) in [5, 5.41) is 0. The number of rotatable bonds is 3. The molecular formula is C9H12O4. The Morgan fingerprint density at radius 3 is 2.23 bits per heavy atom. The Bertz CT molecular complexity index is 234. The molecule has 0 saturated carbocycles. The first kappa shape index (κ1) is 11.5. The molecule has 0 rings (SSSR count). The van der Waals surface area contributed by atoms with Gasteiger partial charge in [-0.2, -0.15) is 0 Å². The van der Waals surface area contributed by atoms with E-state index in [0.717, 1.165) is 0 Å². The lowest BCUT2D eigenvalue weighted by atomic mass is 10.4. The Balaban J connectivity index is 3.30. The lowest BCUT2D eigenvalue weighted by Crippen LogP contribution is -2.00. The van der Waals surface area contributed by atoms with Gasteiger partial charge >= 0.3 is 11.9 Å². The van der Waals surface area contributed by atoms with Crippen molar-refractivity contribution in [2.45, 2.75) is 20.3 Å². The highest BCUT2D eigenvalue weighted by Gasteiger charge is 1.89. The molecule has 0 aliphatic carbocycles.